The van der Waals surface area contributed by atoms with Crippen molar-refractivity contribution in [3.63, 3.8) is 0 Å². The molecule has 0 atom stereocenters. The van der Waals surface area contributed by atoms with Crippen LogP contribution in [0.4, 0.5) is 5.69 Å². The number of amides is 2. The molecule has 1 saturated heterocycles. The Morgan fingerprint density at radius 3 is 2.40 bits per heavy atom. The Morgan fingerprint density at radius 1 is 1.24 bits per heavy atom. The number of rotatable bonds is 6. The zero-order valence-corrected chi connectivity index (χ0v) is 16.5. The van der Waals surface area contributed by atoms with Crippen LogP contribution >= 0.6 is 11.8 Å². The number of para-hydroxylation sites is 1. The highest BCUT2D eigenvalue weighted by atomic mass is 32.2. The van der Waals surface area contributed by atoms with Gasteiger partial charge in [0.25, 0.3) is 5.91 Å². The van der Waals surface area contributed by atoms with Crippen LogP contribution in [0, 0.1) is 13.8 Å². The predicted octanol–water partition coefficient (Wildman–Crippen LogP) is 2.63. The smallest absolute Gasteiger partial charge is 0.253 e. The highest BCUT2D eigenvalue weighted by molar-refractivity contribution is 8.04. The number of thioether (sulfide) groups is 1. The van der Waals surface area contributed by atoms with E-state index in [-0.39, 0.29) is 11.8 Å². The van der Waals surface area contributed by atoms with E-state index in [1.165, 1.54) is 11.8 Å². The van der Waals surface area contributed by atoms with E-state index in [1.807, 2.05) is 51.0 Å². The molecule has 2 rings (SSSR count). The molecule has 6 heteroatoms. The maximum Gasteiger partial charge on any atom is 0.253 e. The van der Waals surface area contributed by atoms with E-state index in [9.17, 15) is 9.59 Å². The Bertz CT molecular complexity index is 665. The minimum absolute atomic E-state index is 0.0373. The molecular weight excluding hydrogens is 334 g/mol. The molecule has 0 unspecified atom stereocenters. The Hall–Kier alpha value is -1.79. The lowest BCUT2D eigenvalue weighted by Crippen LogP contribution is -2.34. The third kappa shape index (κ3) is 4.86. The molecule has 5 nitrogen and oxygen atoms in total. The van der Waals surface area contributed by atoms with Gasteiger partial charge in [-0.15, -0.1) is 0 Å². The monoisotopic (exact) mass is 361 g/mol. The Labute approximate surface area is 154 Å². The van der Waals surface area contributed by atoms with E-state index < -0.39 is 0 Å². The van der Waals surface area contributed by atoms with Gasteiger partial charge < -0.3 is 14.7 Å². The molecule has 1 aliphatic heterocycles. The highest BCUT2D eigenvalue weighted by Gasteiger charge is 2.25. The summed E-state index contributed by atoms with van der Waals surface area (Å²) >= 11 is 1.42. The quantitative estimate of drug-likeness (QED) is 0.731. The number of hydrogen-bond donors (Lipinski definition) is 0. The maximum atomic E-state index is 13.0. The van der Waals surface area contributed by atoms with Crippen molar-refractivity contribution in [3.8, 4) is 0 Å². The van der Waals surface area contributed by atoms with Crippen LogP contribution in [0.25, 0.3) is 0 Å². The normalized spacial score (nSPS) is 16.2. The predicted molar refractivity (Wildman–Crippen MR) is 105 cm³/mol. The molecule has 0 saturated carbocycles. The van der Waals surface area contributed by atoms with E-state index in [0.29, 0.717) is 12.3 Å². The second-order valence-corrected chi connectivity index (χ2v) is 7.61. The average molecular weight is 362 g/mol. The summed E-state index contributed by atoms with van der Waals surface area (Å²) in [7, 11) is 5.78. The summed E-state index contributed by atoms with van der Waals surface area (Å²) in [5.41, 5.74) is 3.14. The fourth-order valence-corrected chi connectivity index (χ4v) is 3.83. The van der Waals surface area contributed by atoms with Gasteiger partial charge in [0.2, 0.25) is 5.91 Å². The van der Waals surface area contributed by atoms with Crippen LogP contribution in [0.3, 0.4) is 0 Å². The standard InChI is InChI=1S/C19H27N3O2S/c1-14-8-6-9-15(2)19(14)22(11-7-10-20(3)4)16(23)12-18-21(5)17(24)13-25-18/h6,8-9,12H,7,10-11,13H2,1-5H3/b18-12-. The van der Waals surface area contributed by atoms with Crippen LogP contribution in [-0.2, 0) is 9.59 Å². The SMILES string of the molecule is Cc1cccc(C)c1N(CCCN(C)C)C(=O)/C=C1\SCC(=O)N1C. The molecule has 25 heavy (non-hydrogen) atoms. The number of carbonyl (C=O) groups excluding carboxylic acids is 2. The van der Waals surface area contributed by atoms with Crippen molar-refractivity contribution in [2.75, 3.05) is 44.9 Å². The summed E-state index contributed by atoms with van der Waals surface area (Å²) in [6.45, 7) is 5.62. The first kappa shape index (κ1) is 19.5. The van der Waals surface area contributed by atoms with Crippen molar-refractivity contribution in [1.82, 2.24) is 9.80 Å². The molecule has 1 fully saturated rings. The molecule has 1 heterocycles. The van der Waals surface area contributed by atoms with Crippen LogP contribution in [0.5, 0.6) is 0 Å². The molecule has 1 aromatic rings. The summed E-state index contributed by atoms with van der Waals surface area (Å²) in [5.74, 6) is 0.370. The van der Waals surface area contributed by atoms with Crippen LogP contribution in [-0.4, -0.2) is 61.6 Å². The van der Waals surface area contributed by atoms with Gasteiger partial charge in [0.1, 0.15) is 0 Å². The van der Waals surface area contributed by atoms with E-state index >= 15 is 0 Å². The topological polar surface area (TPSA) is 43.9 Å². The Morgan fingerprint density at radius 2 is 1.88 bits per heavy atom. The van der Waals surface area contributed by atoms with E-state index in [2.05, 4.69) is 4.90 Å². The van der Waals surface area contributed by atoms with Crippen molar-refractivity contribution in [1.29, 1.82) is 0 Å². The lowest BCUT2D eigenvalue weighted by molar-refractivity contribution is -0.124. The van der Waals surface area contributed by atoms with Crippen LogP contribution in [0.2, 0.25) is 0 Å². The van der Waals surface area contributed by atoms with Gasteiger partial charge in [-0.25, -0.2) is 0 Å². The Kier molecular flexibility index (Phi) is 6.67. The number of carbonyl (C=O) groups is 2. The number of hydrogen-bond acceptors (Lipinski definition) is 4. The van der Waals surface area contributed by atoms with Crippen molar-refractivity contribution in [2.24, 2.45) is 0 Å². The summed E-state index contributed by atoms with van der Waals surface area (Å²) in [5, 5.41) is 0.721. The molecule has 0 aliphatic carbocycles. The minimum Gasteiger partial charge on any atom is -0.309 e. The fraction of sp³-hybridized carbons (Fsp3) is 0.474. The van der Waals surface area contributed by atoms with Crippen molar-refractivity contribution >= 4 is 29.3 Å². The molecule has 2 amide bonds. The molecule has 0 spiro atoms. The first-order valence-electron chi connectivity index (χ1n) is 8.44. The fourth-order valence-electron chi connectivity index (χ4n) is 2.88. The average Bonchev–Trinajstić information content (AvgIpc) is 2.84. The molecule has 1 aliphatic rings. The summed E-state index contributed by atoms with van der Waals surface area (Å²) < 4.78 is 0. The van der Waals surface area contributed by atoms with Crippen molar-refractivity contribution < 1.29 is 9.59 Å². The van der Waals surface area contributed by atoms with E-state index in [0.717, 1.165) is 34.8 Å². The second kappa shape index (κ2) is 8.54. The van der Waals surface area contributed by atoms with Gasteiger partial charge in [0.05, 0.1) is 10.8 Å². The molecule has 0 radical (unpaired) electrons. The largest absolute Gasteiger partial charge is 0.309 e. The van der Waals surface area contributed by atoms with Gasteiger partial charge in [-0.05, 0) is 52.0 Å². The van der Waals surface area contributed by atoms with Gasteiger partial charge in [-0.1, -0.05) is 30.0 Å². The first-order valence-corrected chi connectivity index (χ1v) is 9.43. The Balaban J connectivity index is 2.29. The zero-order valence-electron chi connectivity index (χ0n) is 15.7. The van der Waals surface area contributed by atoms with E-state index in [1.54, 1.807) is 18.0 Å². The highest BCUT2D eigenvalue weighted by Crippen LogP contribution is 2.29. The lowest BCUT2D eigenvalue weighted by Gasteiger charge is -2.26. The van der Waals surface area contributed by atoms with Gasteiger partial charge >= 0.3 is 0 Å². The zero-order chi connectivity index (χ0) is 18.6. The van der Waals surface area contributed by atoms with Gasteiger partial charge in [0, 0.05) is 25.4 Å². The number of aryl methyl sites for hydroxylation is 2. The number of nitrogens with zero attached hydrogens (tertiary/aromatic N) is 3. The summed E-state index contributed by atoms with van der Waals surface area (Å²) in [6, 6.07) is 6.07. The number of benzene rings is 1. The summed E-state index contributed by atoms with van der Waals surface area (Å²) in [6.07, 6.45) is 2.48. The van der Waals surface area contributed by atoms with Crippen LogP contribution in [0.1, 0.15) is 17.5 Å². The van der Waals surface area contributed by atoms with Crippen LogP contribution in [0.15, 0.2) is 29.3 Å². The summed E-state index contributed by atoms with van der Waals surface area (Å²) in [4.78, 5) is 30.2. The molecular formula is C19H27N3O2S. The molecule has 136 valence electrons. The van der Waals surface area contributed by atoms with Crippen LogP contribution < -0.4 is 4.90 Å². The molecule has 1 aromatic carbocycles. The lowest BCUT2D eigenvalue weighted by atomic mass is 10.1. The van der Waals surface area contributed by atoms with Gasteiger partial charge in [-0.3, -0.25) is 9.59 Å². The third-order valence-corrected chi connectivity index (χ3v) is 5.34. The van der Waals surface area contributed by atoms with Gasteiger partial charge in [-0.2, -0.15) is 0 Å². The van der Waals surface area contributed by atoms with E-state index in [4.69, 9.17) is 0 Å². The second-order valence-electron chi connectivity index (χ2n) is 6.61. The maximum absolute atomic E-state index is 13.0. The molecule has 0 N–H and O–H groups in total. The minimum atomic E-state index is -0.0693. The number of anilines is 1. The molecule has 0 bridgehead atoms. The van der Waals surface area contributed by atoms with Gasteiger partial charge in [0.15, 0.2) is 0 Å². The molecule has 0 aromatic heterocycles. The van der Waals surface area contributed by atoms with Crippen molar-refractivity contribution in [3.05, 3.63) is 40.4 Å². The third-order valence-electron chi connectivity index (χ3n) is 4.26. The first-order chi connectivity index (χ1) is 11.8. The van der Waals surface area contributed by atoms with Crippen molar-refractivity contribution in [2.45, 2.75) is 20.3 Å².